The van der Waals surface area contributed by atoms with Crippen molar-refractivity contribution in [1.82, 2.24) is 14.8 Å². The van der Waals surface area contributed by atoms with Gasteiger partial charge in [-0.25, -0.2) is 9.67 Å². The van der Waals surface area contributed by atoms with Crippen LogP contribution in [0.25, 0.3) is 11.0 Å². The normalized spacial score (nSPS) is 12.2. The van der Waals surface area contributed by atoms with E-state index in [1.165, 1.54) is 18.5 Å². The molecule has 2 aromatic heterocycles. The molecular weight excluding hydrogens is 336 g/mol. The van der Waals surface area contributed by atoms with Gasteiger partial charge in [0.25, 0.3) is 5.69 Å². The monoisotopic (exact) mass is 350 g/mol. The van der Waals surface area contributed by atoms with Crippen molar-refractivity contribution >= 4 is 16.7 Å². The lowest BCUT2D eigenvalue weighted by Crippen LogP contribution is -2.12. The Labute approximate surface area is 147 Å². The highest BCUT2D eigenvalue weighted by Gasteiger charge is 2.22. The summed E-state index contributed by atoms with van der Waals surface area (Å²) < 4.78 is 12.9. The maximum Gasteiger partial charge on any atom is 0.269 e. The van der Waals surface area contributed by atoms with Crippen molar-refractivity contribution in [2.45, 2.75) is 6.04 Å². The number of hydrogen-bond acceptors (Lipinski definition) is 6. The first kappa shape index (κ1) is 15.8. The molecule has 2 heterocycles. The van der Waals surface area contributed by atoms with Gasteiger partial charge in [0.1, 0.15) is 35.8 Å². The molecule has 0 aliphatic heterocycles. The predicted molar refractivity (Wildman–Crippen MR) is 93.1 cm³/mol. The molecule has 0 saturated carbocycles. The number of benzene rings is 2. The van der Waals surface area contributed by atoms with E-state index < -0.39 is 11.0 Å². The number of hydrogen-bond donors (Lipinski definition) is 0. The second-order valence-electron chi connectivity index (χ2n) is 5.68. The molecule has 0 aliphatic carbocycles. The van der Waals surface area contributed by atoms with Crippen molar-refractivity contribution in [1.29, 1.82) is 0 Å². The number of furan rings is 1. The number of rotatable bonds is 5. The van der Waals surface area contributed by atoms with Gasteiger partial charge in [-0.3, -0.25) is 10.1 Å². The quantitative estimate of drug-likeness (QED) is 0.403. The second-order valence-corrected chi connectivity index (χ2v) is 5.68. The van der Waals surface area contributed by atoms with Crippen LogP contribution >= 0.6 is 0 Å². The average Bonchev–Trinajstić information content (AvgIpc) is 3.31. The lowest BCUT2D eigenvalue weighted by atomic mass is 10.0. The fourth-order valence-electron chi connectivity index (χ4n) is 2.87. The molecule has 0 aliphatic rings. The molecule has 0 bridgehead atoms. The van der Waals surface area contributed by atoms with E-state index in [0.29, 0.717) is 17.1 Å². The number of fused-ring (bicyclic) bond motifs is 1. The molecule has 8 nitrogen and oxygen atoms in total. The van der Waals surface area contributed by atoms with Gasteiger partial charge in [0.05, 0.1) is 12.0 Å². The number of nitro groups is 1. The highest BCUT2D eigenvalue weighted by Crippen LogP contribution is 2.33. The van der Waals surface area contributed by atoms with E-state index in [4.69, 9.17) is 9.15 Å². The third-order valence-corrected chi connectivity index (χ3v) is 4.14. The minimum Gasteiger partial charge on any atom is -0.497 e. The van der Waals surface area contributed by atoms with E-state index in [2.05, 4.69) is 10.1 Å². The van der Waals surface area contributed by atoms with Crippen molar-refractivity contribution in [2.75, 3.05) is 7.11 Å². The van der Waals surface area contributed by atoms with Crippen LogP contribution < -0.4 is 4.74 Å². The Morgan fingerprint density at radius 3 is 2.65 bits per heavy atom. The summed E-state index contributed by atoms with van der Waals surface area (Å²) in [5, 5.41) is 16.0. The van der Waals surface area contributed by atoms with Gasteiger partial charge in [-0.05, 0) is 35.9 Å². The first-order valence-corrected chi connectivity index (χ1v) is 7.81. The summed E-state index contributed by atoms with van der Waals surface area (Å²) in [4.78, 5) is 14.5. The van der Waals surface area contributed by atoms with Gasteiger partial charge >= 0.3 is 0 Å². The Hall–Kier alpha value is -3.68. The number of non-ortho nitro benzene ring substituents is 1. The topological polar surface area (TPSA) is 96.2 Å². The van der Waals surface area contributed by atoms with Crippen LogP contribution in [0.5, 0.6) is 5.75 Å². The molecule has 0 fully saturated rings. The van der Waals surface area contributed by atoms with Crippen molar-refractivity contribution in [3.63, 3.8) is 0 Å². The molecular formula is C18H14N4O4. The number of nitrogens with zero attached hydrogens (tertiary/aromatic N) is 4. The minimum atomic E-state index is -0.429. The Bertz CT molecular complexity index is 1050. The third-order valence-electron chi connectivity index (χ3n) is 4.14. The Balaban J connectivity index is 1.82. The lowest BCUT2D eigenvalue weighted by molar-refractivity contribution is -0.384. The molecule has 0 amide bonds. The second kappa shape index (κ2) is 6.32. The van der Waals surface area contributed by atoms with Crippen LogP contribution in [0.3, 0.4) is 0 Å². The van der Waals surface area contributed by atoms with Gasteiger partial charge in [0.2, 0.25) is 0 Å². The molecule has 4 aromatic rings. The lowest BCUT2D eigenvalue weighted by Gasteiger charge is -2.15. The first-order valence-electron chi connectivity index (χ1n) is 7.81. The molecule has 26 heavy (non-hydrogen) atoms. The van der Waals surface area contributed by atoms with Crippen molar-refractivity contribution in [3.8, 4) is 5.75 Å². The minimum absolute atomic E-state index is 0.0282. The van der Waals surface area contributed by atoms with Gasteiger partial charge in [-0.15, -0.1) is 0 Å². The number of methoxy groups -OCH3 is 1. The molecule has 0 N–H and O–H groups in total. The molecule has 0 saturated heterocycles. The molecule has 4 rings (SSSR count). The van der Waals surface area contributed by atoms with E-state index in [-0.39, 0.29) is 5.69 Å². The van der Waals surface area contributed by atoms with Gasteiger partial charge in [-0.1, -0.05) is 0 Å². The Kier molecular flexibility index (Phi) is 3.85. The summed E-state index contributed by atoms with van der Waals surface area (Å²) in [7, 11) is 1.60. The largest absolute Gasteiger partial charge is 0.497 e. The highest BCUT2D eigenvalue weighted by atomic mass is 16.6. The molecule has 130 valence electrons. The third kappa shape index (κ3) is 2.77. The zero-order valence-corrected chi connectivity index (χ0v) is 13.8. The van der Waals surface area contributed by atoms with Crippen LogP contribution in [-0.4, -0.2) is 26.8 Å². The Morgan fingerprint density at radius 1 is 1.19 bits per heavy atom. The van der Waals surface area contributed by atoms with E-state index in [0.717, 1.165) is 10.9 Å². The maximum atomic E-state index is 10.9. The van der Waals surface area contributed by atoms with Crippen LogP contribution in [0, 0.1) is 10.1 Å². The summed E-state index contributed by atoms with van der Waals surface area (Å²) in [6.07, 6.45) is 3.02. The summed E-state index contributed by atoms with van der Waals surface area (Å²) in [6, 6.07) is 13.4. The van der Waals surface area contributed by atoms with Crippen molar-refractivity contribution in [2.24, 2.45) is 0 Å². The van der Waals surface area contributed by atoms with E-state index in [9.17, 15) is 10.1 Å². The van der Waals surface area contributed by atoms with Crippen LogP contribution in [0.2, 0.25) is 0 Å². The maximum absolute atomic E-state index is 10.9. The van der Waals surface area contributed by atoms with Crippen LogP contribution in [0.15, 0.2) is 65.6 Å². The van der Waals surface area contributed by atoms with Gasteiger partial charge < -0.3 is 9.15 Å². The van der Waals surface area contributed by atoms with Gasteiger partial charge in [0.15, 0.2) is 0 Å². The zero-order valence-electron chi connectivity index (χ0n) is 13.8. The van der Waals surface area contributed by atoms with Gasteiger partial charge in [-0.2, -0.15) is 5.10 Å². The number of ether oxygens (including phenoxy) is 1. The van der Waals surface area contributed by atoms with E-state index in [1.807, 2.05) is 24.3 Å². The molecule has 0 spiro atoms. The summed E-state index contributed by atoms with van der Waals surface area (Å²) in [6.45, 7) is 0. The number of nitro benzene ring substituents is 1. The zero-order chi connectivity index (χ0) is 18.1. The standard InChI is InChI=1S/C18H14N4O4/c1-25-15-7-4-13-8-17(26-16(13)9-15)18(21-11-19-10-20-21)12-2-5-14(6-3-12)22(23)24/h2-11,18H,1H3. The van der Waals surface area contributed by atoms with Crippen LogP contribution in [0.4, 0.5) is 5.69 Å². The van der Waals surface area contributed by atoms with Crippen molar-refractivity contribution < 1.29 is 14.1 Å². The number of aromatic nitrogens is 3. The smallest absolute Gasteiger partial charge is 0.269 e. The molecule has 1 atom stereocenters. The summed E-state index contributed by atoms with van der Waals surface area (Å²) in [5.74, 6) is 1.35. The summed E-state index contributed by atoms with van der Waals surface area (Å²) >= 11 is 0. The van der Waals surface area contributed by atoms with Crippen molar-refractivity contribution in [3.05, 3.63) is 82.6 Å². The SMILES string of the molecule is COc1ccc2cc(C(c3ccc([N+](=O)[O-])cc3)n3cncn3)oc2c1. The van der Waals surface area contributed by atoms with E-state index >= 15 is 0 Å². The molecule has 1 unspecified atom stereocenters. The van der Waals surface area contributed by atoms with Gasteiger partial charge in [0, 0.05) is 23.6 Å². The average molecular weight is 350 g/mol. The van der Waals surface area contributed by atoms with Crippen LogP contribution in [-0.2, 0) is 0 Å². The Morgan fingerprint density at radius 2 is 2.00 bits per heavy atom. The van der Waals surface area contributed by atoms with Crippen LogP contribution in [0.1, 0.15) is 17.4 Å². The fourth-order valence-corrected chi connectivity index (χ4v) is 2.87. The highest BCUT2D eigenvalue weighted by molar-refractivity contribution is 5.79. The molecule has 0 radical (unpaired) electrons. The fraction of sp³-hybridized carbons (Fsp3) is 0.111. The summed E-state index contributed by atoms with van der Waals surface area (Å²) in [5.41, 5.74) is 1.51. The first-order chi connectivity index (χ1) is 12.7. The molecule has 2 aromatic carbocycles. The predicted octanol–water partition coefficient (Wildman–Crippen LogP) is 3.58. The molecule has 8 heteroatoms. The van der Waals surface area contributed by atoms with E-state index in [1.54, 1.807) is 30.3 Å².